The van der Waals surface area contributed by atoms with Crippen LogP contribution in [0.4, 0.5) is 0 Å². The SMILES string of the molecule is CCCCOc1ccc(CN/C=C(/C#N)C(=O)OC)cc1OC. The number of carbonyl (C=O) groups is 1. The Bertz CT molecular complexity index is 591. The van der Waals surface area contributed by atoms with Crippen LogP contribution in [0.5, 0.6) is 11.5 Å². The van der Waals surface area contributed by atoms with Crippen LogP contribution in [0.25, 0.3) is 0 Å². The van der Waals surface area contributed by atoms with E-state index in [1.165, 1.54) is 13.3 Å². The summed E-state index contributed by atoms with van der Waals surface area (Å²) in [4.78, 5) is 11.3. The fraction of sp³-hybridized carbons (Fsp3) is 0.412. The zero-order valence-corrected chi connectivity index (χ0v) is 13.7. The Labute approximate surface area is 136 Å². The van der Waals surface area contributed by atoms with Crippen LogP contribution in [0.3, 0.4) is 0 Å². The predicted molar refractivity (Wildman–Crippen MR) is 85.9 cm³/mol. The van der Waals surface area contributed by atoms with E-state index in [1.807, 2.05) is 18.2 Å². The van der Waals surface area contributed by atoms with E-state index in [2.05, 4.69) is 17.0 Å². The van der Waals surface area contributed by atoms with Crippen LogP contribution in [0, 0.1) is 11.3 Å². The van der Waals surface area contributed by atoms with Crippen molar-refractivity contribution in [1.29, 1.82) is 5.26 Å². The Kier molecular flexibility index (Phi) is 8.08. The van der Waals surface area contributed by atoms with Crippen LogP contribution in [0.1, 0.15) is 25.3 Å². The van der Waals surface area contributed by atoms with Crippen molar-refractivity contribution in [2.75, 3.05) is 20.8 Å². The molecule has 0 bridgehead atoms. The molecule has 1 N–H and O–H groups in total. The molecule has 6 heteroatoms. The topological polar surface area (TPSA) is 80.6 Å². The number of rotatable bonds is 9. The highest BCUT2D eigenvalue weighted by molar-refractivity contribution is 5.92. The maximum Gasteiger partial charge on any atom is 0.350 e. The van der Waals surface area contributed by atoms with Gasteiger partial charge in [-0.05, 0) is 24.1 Å². The van der Waals surface area contributed by atoms with E-state index in [9.17, 15) is 4.79 Å². The summed E-state index contributed by atoms with van der Waals surface area (Å²) in [6.07, 6.45) is 3.39. The van der Waals surface area contributed by atoms with E-state index in [0.717, 1.165) is 18.4 Å². The lowest BCUT2D eigenvalue weighted by atomic mass is 10.2. The minimum atomic E-state index is -0.669. The average Bonchev–Trinajstić information content (AvgIpc) is 2.59. The molecule has 1 aromatic carbocycles. The van der Waals surface area contributed by atoms with Gasteiger partial charge in [0.2, 0.25) is 0 Å². The molecule has 0 radical (unpaired) electrons. The number of benzene rings is 1. The van der Waals surface area contributed by atoms with Crippen molar-refractivity contribution in [3.05, 3.63) is 35.5 Å². The Balaban J connectivity index is 2.69. The van der Waals surface area contributed by atoms with Crippen molar-refractivity contribution < 1.29 is 19.0 Å². The van der Waals surface area contributed by atoms with E-state index in [4.69, 9.17) is 14.7 Å². The predicted octanol–water partition coefficient (Wildman–Crippen LogP) is 2.54. The number of ether oxygens (including phenoxy) is 3. The summed E-state index contributed by atoms with van der Waals surface area (Å²) >= 11 is 0. The molecule has 0 saturated carbocycles. The maximum atomic E-state index is 11.3. The van der Waals surface area contributed by atoms with Crippen molar-refractivity contribution in [2.24, 2.45) is 0 Å². The van der Waals surface area contributed by atoms with Gasteiger partial charge in [0.25, 0.3) is 0 Å². The van der Waals surface area contributed by atoms with Crippen LogP contribution in [-0.4, -0.2) is 26.8 Å². The van der Waals surface area contributed by atoms with Crippen molar-refractivity contribution in [1.82, 2.24) is 5.32 Å². The Morgan fingerprint density at radius 1 is 1.35 bits per heavy atom. The van der Waals surface area contributed by atoms with Crippen molar-refractivity contribution in [2.45, 2.75) is 26.3 Å². The minimum Gasteiger partial charge on any atom is -0.493 e. The number of hydrogen-bond acceptors (Lipinski definition) is 6. The van der Waals surface area contributed by atoms with Gasteiger partial charge in [-0.1, -0.05) is 19.4 Å². The number of nitrogens with one attached hydrogen (secondary N) is 1. The highest BCUT2D eigenvalue weighted by Gasteiger charge is 2.08. The Hall–Kier alpha value is -2.68. The maximum absolute atomic E-state index is 11.3. The summed E-state index contributed by atoms with van der Waals surface area (Å²) in [5, 5.41) is 11.8. The Morgan fingerprint density at radius 2 is 2.13 bits per heavy atom. The van der Waals surface area contributed by atoms with Gasteiger partial charge in [-0.25, -0.2) is 4.79 Å². The molecule has 0 saturated heterocycles. The van der Waals surface area contributed by atoms with Crippen molar-refractivity contribution in [3.63, 3.8) is 0 Å². The number of esters is 1. The second-order valence-electron chi connectivity index (χ2n) is 4.73. The van der Waals surface area contributed by atoms with E-state index >= 15 is 0 Å². The molecule has 23 heavy (non-hydrogen) atoms. The number of carbonyl (C=O) groups excluding carboxylic acids is 1. The summed E-state index contributed by atoms with van der Waals surface area (Å²) in [7, 11) is 2.82. The number of nitrogens with zero attached hydrogens (tertiary/aromatic N) is 1. The lowest BCUT2D eigenvalue weighted by molar-refractivity contribution is -0.135. The average molecular weight is 318 g/mol. The molecule has 0 spiro atoms. The first-order valence-corrected chi connectivity index (χ1v) is 7.37. The second kappa shape index (κ2) is 10.1. The number of methoxy groups -OCH3 is 2. The second-order valence-corrected chi connectivity index (χ2v) is 4.73. The molecule has 6 nitrogen and oxygen atoms in total. The van der Waals surface area contributed by atoms with Crippen molar-refractivity contribution in [3.8, 4) is 17.6 Å². The normalized spacial score (nSPS) is 10.6. The fourth-order valence-corrected chi connectivity index (χ4v) is 1.79. The summed E-state index contributed by atoms with van der Waals surface area (Å²) in [6.45, 7) is 3.19. The van der Waals surface area contributed by atoms with Crippen LogP contribution in [0.15, 0.2) is 30.0 Å². The quantitative estimate of drug-likeness (QED) is 0.326. The molecule has 0 atom stereocenters. The first kappa shape index (κ1) is 18.4. The highest BCUT2D eigenvalue weighted by atomic mass is 16.5. The molecule has 1 aromatic rings. The molecule has 0 heterocycles. The molecule has 1 rings (SSSR count). The summed E-state index contributed by atoms with van der Waals surface area (Å²) in [5.41, 5.74) is 0.849. The van der Waals surface area contributed by atoms with Crippen LogP contribution in [0.2, 0.25) is 0 Å². The third-order valence-corrected chi connectivity index (χ3v) is 3.06. The molecule has 0 aliphatic heterocycles. The van der Waals surface area contributed by atoms with Gasteiger partial charge in [0, 0.05) is 12.7 Å². The smallest absolute Gasteiger partial charge is 0.350 e. The van der Waals surface area contributed by atoms with E-state index < -0.39 is 5.97 Å². The standard InChI is InChI=1S/C17H22N2O4/c1-4-5-8-23-15-7-6-13(9-16(15)21-2)11-19-12-14(10-18)17(20)22-3/h6-7,9,12,19H,4-5,8,11H2,1-3H3/b14-12-. The lowest BCUT2D eigenvalue weighted by Crippen LogP contribution is -2.11. The molecule has 0 fully saturated rings. The molecule has 124 valence electrons. The van der Waals surface area contributed by atoms with Crippen LogP contribution >= 0.6 is 0 Å². The van der Waals surface area contributed by atoms with Gasteiger partial charge in [-0.15, -0.1) is 0 Å². The first-order valence-electron chi connectivity index (χ1n) is 7.37. The monoisotopic (exact) mass is 318 g/mol. The van der Waals surface area contributed by atoms with Crippen molar-refractivity contribution >= 4 is 5.97 Å². The van der Waals surface area contributed by atoms with Gasteiger partial charge in [0.15, 0.2) is 17.1 Å². The minimum absolute atomic E-state index is 0.0843. The molecule has 0 amide bonds. The molecule has 0 aliphatic carbocycles. The summed E-state index contributed by atoms with van der Waals surface area (Å²) in [6, 6.07) is 7.38. The fourth-order valence-electron chi connectivity index (χ4n) is 1.79. The van der Waals surface area contributed by atoms with E-state index in [1.54, 1.807) is 13.2 Å². The molecule has 0 aromatic heterocycles. The van der Waals surface area contributed by atoms with Gasteiger partial charge < -0.3 is 19.5 Å². The summed E-state index contributed by atoms with van der Waals surface area (Å²) in [5.74, 6) is 0.683. The molecular formula is C17H22N2O4. The number of nitriles is 1. The van der Waals surface area contributed by atoms with E-state index in [0.29, 0.717) is 24.7 Å². The third kappa shape index (κ3) is 5.91. The van der Waals surface area contributed by atoms with Crippen LogP contribution < -0.4 is 14.8 Å². The highest BCUT2D eigenvalue weighted by Crippen LogP contribution is 2.28. The molecule has 0 unspecified atom stereocenters. The van der Waals surface area contributed by atoms with Gasteiger partial charge in [-0.3, -0.25) is 0 Å². The van der Waals surface area contributed by atoms with Gasteiger partial charge in [-0.2, -0.15) is 5.26 Å². The Morgan fingerprint density at radius 3 is 2.74 bits per heavy atom. The summed E-state index contributed by atoms with van der Waals surface area (Å²) < 4.78 is 15.5. The van der Waals surface area contributed by atoms with E-state index in [-0.39, 0.29) is 5.57 Å². The molecular weight excluding hydrogens is 296 g/mol. The zero-order valence-electron chi connectivity index (χ0n) is 13.7. The third-order valence-electron chi connectivity index (χ3n) is 3.06. The number of unbranched alkanes of at least 4 members (excludes halogenated alkanes) is 1. The first-order chi connectivity index (χ1) is 11.2. The van der Waals surface area contributed by atoms with Gasteiger partial charge >= 0.3 is 5.97 Å². The molecule has 0 aliphatic rings. The lowest BCUT2D eigenvalue weighted by Gasteiger charge is -2.12. The largest absolute Gasteiger partial charge is 0.493 e. The van der Waals surface area contributed by atoms with Gasteiger partial charge in [0.05, 0.1) is 20.8 Å². The van der Waals surface area contributed by atoms with Crippen LogP contribution in [-0.2, 0) is 16.1 Å². The number of hydrogen-bond donors (Lipinski definition) is 1. The van der Waals surface area contributed by atoms with Gasteiger partial charge in [0.1, 0.15) is 6.07 Å². The zero-order chi connectivity index (χ0) is 17.1.